The van der Waals surface area contributed by atoms with E-state index in [9.17, 15) is 27.5 Å². The van der Waals surface area contributed by atoms with Gasteiger partial charge in [0.05, 0.1) is 12.1 Å². The number of halogens is 4. The van der Waals surface area contributed by atoms with E-state index in [4.69, 9.17) is 14.6 Å². The molecule has 13 heteroatoms. The first-order chi connectivity index (χ1) is 18.0. The molecule has 0 bridgehead atoms. The molecule has 9 nitrogen and oxygen atoms in total. The number of hydrogen-bond acceptors (Lipinski definition) is 6. The van der Waals surface area contributed by atoms with Crippen LogP contribution in [-0.2, 0) is 16.0 Å². The lowest BCUT2D eigenvalue weighted by Gasteiger charge is -2.15. The maximum absolute atomic E-state index is 13.3. The number of nitrogens with one attached hydrogen (secondary N) is 1. The molecule has 2 aromatic carbocycles. The van der Waals surface area contributed by atoms with Crippen LogP contribution in [0.4, 0.5) is 17.6 Å². The number of aliphatic carboxylic acids is 2. The number of benzene rings is 2. The number of ether oxygens (including phenoxy) is 1. The largest absolute Gasteiger partial charge is 0.490 e. The van der Waals surface area contributed by atoms with Crippen LogP contribution in [0, 0.1) is 5.82 Å². The van der Waals surface area contributed by atoms with Crippen molar-refractivity contribution >= 4 is 11.9 Å². The predicted molar refractivity (Wildman–Crippen MR) is 124 cm³/mol. The second-order valence-corrected chi connectivity index (χ2v) is 7.73. The predicted octanol–water partition coefficient (Wildman–Crippen LogP) is 4.96. The number of carbonyl (C=O) groups is 2. The molecule has 0 amide bonds. The molecule has 1 unspecified atom stereocenters. The third-order valence-electron chi connectivity index (χ3n) is 4.96. The molecule has 0 aliphatic carbocycles. The summed E-state index contributed by atoms with van der Waals surface area (Å²) in [4.78, 5) is 36.1. The van der Waals surface area contributed by atoms with Crippen molar-refractivity contribution in [1.82, 2.24) is 19.9 Å². The molecule has 0 saturated carbocycles. The van der Waals surface area contributed by atoms with E-state index in [-0.39, 0.29) is 18.2 Å². The molecular weight excluding hydrogens is 512 g/mol. The van der Waals surface area contributed by atoms with Crippen molar-refractivity contribution in [1.29, 1.82) is 0 Å². The van der Waals surface area contributed by atoms with Crippen molar-refractivity contribution in [3.63, 3.8) is 0 Å². The van der Waals surface area contributed by atoms with Gasteiger partial charge in [-0.3, -0.25) is 4.79 Å². The Morgan fingerprint density at radius 3 is 2.16 bits per heavy atom. The molecule has 0 aliphatic heterocycles. The lowest BCUT2D eigenvalue weighted by atomic mass is 9.92. The van der Waals surface area contributed by atoms with E-state index in [1.54, 1.807) is 30.6 Å². The molecule has 1 atom stereocenters. The Morgan fingerprint density at radius 2 is 1.61 bits per heavy atom. The number of alkyl halides is 3. The molecule has 0 radical (unpaired) electrons. The highest BCUT2D eigenvalue weighted by molar-refractivity contribution is 5.73. The van der Waals surface area contributed by atoms with Crippen LogP contribution in [0.15, 0.2) is 73.2 Å². The number of rotatable bonds is 8. The first-order valence-electron chi connectivity index (χ1n) is 10.9. The Labute approximate surface area is 212 Å². The van der Waals surface area contributed by atoms with Crippen molar-refractivity contribution in [2.24, 2.45) is 0 Å². The molecule has 0 spiro atoms. The minimum atomic E-state index is -5.08. The molecule has 3 N–H and O–H groups in total. The third kappa shape index (κ3) is 8.40. The van der Waals surface area contributed by atoms with Crippen LogP contribution in [0.25, 0.3) is 0 Å². The second-order valence-electron chi connectivity index (χ2n) is 7.73. The maximum Gasteiger partial charge on any atom is 0.490 e. The highest BCUT2D eigenvalue weighted by Crippen LogP contribution is 2.28. The number of H-pyrrole nitrogens is 1. The SMILES string of the molecule is O=C(O)C(F)(F)F.O=C(O)CC(c1ccc(F)cc1)c1ccnc(Oc2ccc(Cc3ncc[nH]3)cc2)n1. The van der Waals surface area contributed by atoms with Gasteiger partial charge in [-0.15, -0.1) is 0 Å². The van der Waals surface area contributed by atoms with Gasteiger partial charge in [0.15, 0.2) is 0 Å². The van der Waals surface area contributed by atoms with Crippen LogP contribution < -0.4 is 4.74 Å². The topological polar surface area (TPSA) is 138 Å². The summed E-state index contributed by atoms with van der Waals surface area (Å²) in [5.74, 6) is -3.26. The van der Waals surface area contributed by atoms with Crippen molar-refractivity contribution < 1.29 is 42.1 Å². The molecule has 38 heavy (non-hydrogen) atoms. The number of hydrogen-bond donors (Lipinski definition) is 3. The molecule has 0 saturated heterocycles. The van der Waals surface area contributed by atoms with Crippen LogP contribution in [0.2, 0.25) is 0 Å². The van der Waals surface area contributed by atoms with Crippen LogP contribution in [0.1, 0.15) is 35.0 Å². The number of imidazole rings is 1. The molecule has 4 aromatic rings. The minimum Gasteiger partial charge on any atom is -0.481 e. The number of carboxylic acids is 2. The monoisotopic (exact) mass is 532 g/mol. The summed E-state index contributed by atoms with van der Waals surface area (Å²) in [6, 6.07) is 14.9. The van der Waals surface area contributed by atoms with Gasteiger partial charge < -0.3 is 19.9 Å². The van der Waals surface area contributed by atoms with Gasteiger partial charge in [-0.05, 0) is 41.5 Å². The lowest BCUT2D eigenvalue weighted by Crippen LogP contribution is -2.21. The van der Waals surface area contributed by atoms with E-state index >= 15 is 0 Å². The van der Waals surface area contributed by atoms with E-state index in [0.29, 0.717) is 23.4 Å². The molecule has 0 aliphatic rings. The van der Waals surface area contributed by atoms with Gasteiger partial charge >= 0.3 is 24.1 Å². The van der Waals surface area contributed by atoms with Crippen molar-refractivity contribution in [2.45, 2.75) is 24.9 Å². The maximum atomic E-state index is 13.3. The highest BCUT2D eigenvalue weighted by atomic mass is 19.4. The average Bonchev–Trinajstić information content (AvgIpc) is 3.37. The van der Waals surface area contributed by atoms with Gasteiger partial charge in [-0.1, -0.05) is 24.3 Å². The smallest absolute Gasteiger partial charge is 0.481 e. The van der Waals surface area contributed by atoms with Gasteiger partial charge in [-0.2, -0.15) is 18.2 Å². The summed E-state index contributed by atoms with van der Waals surface area (Å²) in [6.07, 6.45) is 0.403. The third-order valence-corrected chi connectivity index (χ3v) is 4.96. The summed E-state index contributed by atoms with van der Waals surface area (Å²) < 4.78 is 50.8. The highest BCUT2D eigenvalue weighted by Gasteiger charge is 2.38. The van der Waals surface area contributed by atoms with E-state index in [0.717, 1.165) is 11.4 Å². The zero-order chi connectivity index (χ0) is 27.7. The zero-order valence-electron chi connectivity index (χ0n) is 19.4. The fourth-order valence-electron chi connectivity index (χ4n) is 3.23. The number of aromatic amines is 1. The fourth-order valence-corrected chi connectivity index (χ4v) is 3.23. The van der Waals surface area contributed by atoms with E-state index < -0.39 is 24.0 Å². The molecule has 2 heterocycles. The Kier molecular flexibility index (Phi) is 9.09. The Hall–Kier alpha value is -4.81. The van der Waals surface area contributed by atoms with Crippen molar-refractivity contribution in [2.75, 3.05) is 0 Å². The molecule has 4 rings (SSSR count). The first kappa shape index (κ1) is 27.8. The minimum absolute atomic E-state index is 0.105. The quantitative estimate of drug-likeness (QED) is 0.271. The Morgan fingerprint density at radius 1 is 0.947 bits per heavy atom. The summed E-state index contributed by atoms with van der Waals surface area (Å²) >= 11 is 0. The first-order valence-corrected chi connectivity index (χ1v) is 10.9. The summed E-state index contributed by atoms with van der Waals surface area (Å²) in [5, 5.41) is 16.5. The van der Waals surface area contributed by atoms with Crippen LogP contribution in [0.3, 0.4) is 0 Å². The number of nitrogens with zero attached hydrogens (tertiary/aromatic N) is 3. The normalized spacial score (nSPS) is 11.7. The van der Waals surface area contributed by atoms with Crippen LogP contribution >= 0.6 is 0 Å². The molecule has 198 valence electrons. The molecular formula is C25H20F4N4O5. The Bertz CT molecular complexity index is 1350. The number of aromatic nitrogens is 4. The molecule has 0 fully saturated rings. The van der Waals surface area contributed by atoms with Crippen molar-refractivity contribution in [3.05, 3.63) is 102 Å². The summed E-state index contributed by atoms with van der Waals surface area (Å²) in [7, 11) is 0. The van der Waals surface area contributed by atoms with E-state index in [2.05, 4.69) is 19.9 Å². The molecule has 2 aromatic heterocycles. The fraction of sp³-hybridized carbons (Fsp3) is 0.160. The standard InChI is InChI=1S/C23H19FN4O3.C2HF3O2/c24-17-5-3-16(4-6-17)19(14-22(29)30)20-9-10-27-23(28-20)31-18-7-1-15(2-8-18)13-21-25-11-12-26-21;3-2(4,5)1(6)7/h1-12,19H,13-14H2,(H,25,26)(H,29,30);(H,6,7). The zero-order valence-corrected chi connectivity index (χ0v) is 19.4. The van der Waals surface area contributed by atoms with E-state index in [1.807, 2.05) is 24.3 Å². The summed E-state index contributed by atoms with van der Waals surface area (Å²) in [6.45, 7) is 0. The van der Waals surface area contributed by atoms with Gasteiger partial charge in [0.25, 0.3) is 0 Å². The summed E-state index contributed by atoms with van der Waals surface area (Å²) in [5.41, 5.74) is 2.19. The van der Waals surface area contributed by atoms with Gasteiger partial charge in [0, 0.05) is 30.9 Å². The second kappa shape index (κ2) is 12.4. The number of carboxylic acid groups (broad SMARTS) is 2. The van der Waals surface area contributed by atoms with Gasteiger partial charge in [-0.25, -0.2) is 19.2 Å². The van der Waals surface area contributed by atoms with E-state index in [1.165, 1.54) is 18.3 Å². The van der Waals surface area contributed by atoms with Crippen LogP contribution in [0.5, 0.6) is 11.8 Å². The Balaban J connectivity index is 0.000000505. The average molecular weight is 532 g/mol. The van der Waals surface area contributed by atoms with Gasteiger partial charge in [0.1, 0.15) is 17.4 Å². The lowest BCUT2D eigenvalue weighted by molar-refractivity contribution is -0.192. The van der Waals surface area contributed by atoms with Gasteiger partial charge in [0.2, 0.25) is 0 Å². The van der Waals surface area contributed by atoms with Crippen molar-refractivity contribution in [3.8, 4) is 11.8 Å². The van der Waals surface area contributed by atoms with Crippen LogP contribution in [-0.4, -0.2) is 48.3 Å².